The van der Waals surface area contributed by atoms with Crippen LogP contribution in [0.5, 0.6) is 0 Å². The maximum absolute atomic E-state index is 13.0. The van der Waals surface area contributed by atoms with Gasteiger partial charge in [-0.15, -0.1) is 0 Å². The lowest BCUT2D eigenvalue weighted by atomic mass is 9.89. The van der Waals surface area contributed by atoms with Gasteiger partial charge in [-0.25, -0.2) is 26.3 Å². The number of sulfonamides is 2. The number of aryl methyl sites for hydroxylation is 2. The van der Waals surface area contributed by atoms with Crippen molar-refractivity contribution in [3.05, 3.63) is 59.7 Å². The van der Waals surface area contributed by atoms with Crippen molar-refractivity contribution in [1.29, 1.82) is 0 Å². The molecule has 0 fully saturated rings. The van der Waals surface area contributed by atoms with E-state index >= 15 is 0 Å². The summed E-state index contributed by atoms with van der Waals surface area (Å²) < 4.78 is 57.7. The Balaban J connectivity index is 2.05. The predicted molar refractivity (Wildman–Crippen MR) is 154 cm³/mol. The zero-order chi connectivity index (χ0) is 27.4. The van der Waals surface area contributed by atoms with Crippen molar-refractivity contribution in [3.8, 4) is 0 Å². The molecule has 0 radical (unpaired) electrons. The summed E-state index contributed by atoms with van der Waals surface area (Å²) in [7, 11) is -4.22. The predicted octanol–water partition coefficient (Wildman–Crippen LogP) is 5.77. The third kappa shape index (κ3) is 9.36. The van der Waals surface area contributed by atoms with Crippen LogP contribution in [-0.4, -0.2) is 40.4 Å². The Bertz CT molecular complexity index is 1100. The molecule has 202 valence electrons. The van der Waals surface area contributed by atoms with Crippen LogP contribution in [0.3, 0.4) is 0 Å². The number of hydrogen-bond acceptors (Lipinski definition) is 6. The lowest BCUT2D eigenvalue weighted by Crippen LogP contribution is -2.46. The molecule has 0 saturated carbocycles. The molecule has 2 rings (SSSR count). The van der Waals surface area contributed by atoms with Crippen LogP contribution in [0.25, 0.3) is 0 Å². The summed E-state index contributed by atoms with van der Waals surface area (Å²) in [6.07, 6.45) is 0. The normalized spacial score (nSPS) is 15.0. The van der Waals surface area contributed by atoms with Gasteiger partial charge in [0.15, 0.2) is 0 Å². The van der Waals surface area contributed by atoms with Gasteiger partial charge in [0.2, 0.25) is 20.0 Å². The summed E-state index contributed by atoms with van der Waals surface area (Å²) in [5.41, 5.74) is 1.39. The molecule has 2 aromatic carbocycles. The first-order chi connectivity index (χ1) is 16.4. The Hall–Kier alpha value is -1.04. The zero-order valence-electron chi connectivity index (χ0n) is 22.5. The highest BCUT2D eigenvalue weighted by atomic mass is 33.1. The lowest BCUT2D eigenvalue weighted by molar-refractivity contribution is 0.321. The Morgan fingerprint density at radius 2 is 0.889 bits per heavy atom. The van der Waals surface area contributed by atoms with Gasteiger partial charge in [-0.05, 0) is 48.9 Å². The quantitative estimate of drug-likeness (QED) is 0.262. The Kier molecular flexibility index (Phi) is 10.6. The number of hydrogen-bond donors (Lipinski definition) is 2. The highest BCUT2D eigenvalue weighted by molar-refractivity contribution is 8.76. The summed E-state index contributed by atoms with van der Waals surface area (Å²) in [6, 6.07) is 13.0. The zero-order valence-corrected chi connectivity index (χ0v) is 25.7. The van der Waals surface area contributed by atoms with Crippen LogP contribution in [0, 0.1) is 24.7 Å². The van der Waals surface area contributed by atoms with Crippen LogP contribution >= 0.6 is 21.6 Å². The summed E-state index contributed by atoms with van der Waals surface area (Å²) in [5.74, 6) is 1.08. The molecule has 0 aromatic heterocycles. The third-order valence-corrected chi connectivity index (χ3v) is 11.3. The third-order valence-electron chi connectivity index (χ3n) is 5.90. The van der Waals surface area contributed by atoms with Gasteiger partial charge in [-0.3, -0.25) is 0 Å². The maximum atomic E-state index is 13.0. The molecule has 2 N–H and O–H groups in total. The molecule has 6 nitrogen and oxygen atoms in total. The Morgan fingerprint density at radius 3 is 1.14 bits per heavy atom. The van der Waals surface area contributed by atoms with Crippen molar-refractivity contribution in [2.24, 2.45) is 10.8 Å². The molecule has 0 bridgehead atoms. The van der Waals surface area contributed by atoms with Gasteiger partial charge in [0.1, 0.15) is 0 Å². The van der Waals surface area contributed by atoms with E-state index < -0.39 is 20.0 Å². The highest BCUT2D eigenvalue weighted by Crippen LogP contribution is 2.33. The van der Waals surface area contributed by atoms with Gasteiger partial charge in [-0.1, -0.05) is 98.5 Å². The van der Waals surface area contributed by atoms with Gasteiger partial charge < -0.3 is 0 Å². The van der Waals surface area contributed by atoms with E-state index in [0.29, 0.717) is 11.5 Å². The average Bonchev–Trinajstić information content (AvgIpc) is 2.74. The Morgan fingerprint density at radius 1 is 0.611 bits per heavy atom. The Labute approximate surface area is 226 Å². The standard InChI is InChI=1S/C26H40N2O4S4/c1-19-9-13-21(14-10-19)35(29,30)27-23(25(3,4)5)17-33-34-18-24(26(6,7)8)28-36(31,32)22-15-11-20(2)12-16-22/h9-16,23-24,27-28H,17-18H2,1-8H3/t23-,24-/m1/s1. The van der Waals surface area contributed by atoms with Gasteiger partial charge in [0, 0.05) is 23.6 Å². The minimum Gasteiger partial charge on any atom is -0.207 e. The molecule has 0 spiro atoms. The van der Waals surface area contributed by atoms with Gasteiger partial charge in [0.05, 0.1) is 9.79 Å². The molecule has 0 unspecified atom stereocenters. The molecule has 36 heavy (non-hydrogen) atoms. The largest absolute Gasteiger partial charge is 0.240 e. The van der Waals surface area contributed by atoms with E-state index in [4.69, 9.17) is 0 Å². The van der Waals surface area contributed by atoms with Crippen molar-refractivity contribution in [2.45, 2.75) is 77.3 Å². The fourth-order valence-corrected chi connectivity index (χ4v) is 9.22. The van der Waals surface area contributed by atoms with E-state index in [1.165, 1.54) is 0 Å². The van der Waals surface area contributed by atoms with Gasteiger partial charge >= 0.3 is 0 Å². The molecular weight excluding hydrogens is 533 g/mol. The smallest absolute Gasteiger partial charge is 0.207 e. The van der Waals surface area contributed by atoms with Crippen molar-refractivity contribution in [2.75, 3.05) is 11.5 Å². The summed E-state index contributed by atoms with van der Waals surface area (Å²) in [5, 5.41) is 0. The topological polar surface area (TPSA) is 92.3 Å². The van der Waals surface area contributed by atoms with Gasteiger partial charge in [-0.2, -0.15) is 0 Å². The van der Waals surface area contributed by atoms with Crippen LogP contribution in [-0.2, 0) is 20.0 Å². The first kappa shape index (κ1) is 31.2. The van der Waals surface area contributed by atoms with E-state index in [2.05, 4.69) is 9.44 Å². The molecule has 0 saturated heterocycles. The van der Waals surface area contributed by atoms with Crippen LogP contribution in [0.4, 0.5) is 0 Å². The minimum atomic E-state index is -3.66. The second-order valence-electron chi connectivity index (χ2n) is 11.3. The van der Waals surface area contributed by atoms with E-state index in [0.717, 1.165) is 11.1 Å². The monoisotopic (exact) mass is 572 g/mol. The van der Waals surface area contributed by atoms with Crippen molar-refractivity contribution in [1.82, 2.24) is 9.44 Å². The summed E-state index contributed by atoms with van der Waals surface area (Å²) in [6.45, 7) is 15.9. The fraction of sp³-hybridized carbons (Fsp3) is 0.538. The fourth-order valence-electron chi connectivity index (χ4n) is 3.10. The number of benzene rings is 2. The molecule has 0 aliphatic carbocycles. The van der Waals surface area contributed by atoms with E-state index in [1.807, 2.05) is 55.4 Å². The van der Waals surface area contributed by atoms with Crippen molar-refractivity contribution >= 4 is 41.6 Å². The number of rotatable bonds is 11. The first-order valence-corrected chi connectivity index (χ1v) is 17.3. The van der Waals surface area contributed by atoms with E-state index in [9.17, 15) is 16.8 Å². The minimum absolute atomic E-state index is 0.248. The van der Waals surface area contributed by atoms with Crippen LogP contribution < -0.4 is 9.44 Å². The molecule has 0 amide bonds. The second kappa shape index (κ2) is 12.2. The molecule has 2 aromatic rings. The van der Waals surface area contributed by atoms with Crippen LogP contribution in [0.1, 0.15) is 52.7 Å². The summed E-state index contributed by atoms with van der Waals surface area (Å²) >= 11 is 0. The maximum Gasteiger partial charge on any atom is 0.240 e. The number of nitrogens with one attached hydrogen (secondary N) is 2. The van der Waals surface area contributed by atoms with E-state index in [-0.39, 0.29) is 32.7 Å². The molecule has 0 aliphatic heterocycles. The summed E-state index contributed by atoms with van der Waals surface area (Å²) in [4.78, 5) is 0.497. The average molecular weight is 573 g/mol. The van der Waals surface area contributed by atoms with Crippen molar-refractivity contribution < 1.29 is 16.8 Å². The highest BCUT2D eigenvalue weighted by Gasteiger charge is 2.32. The van der Waals surface area contributed by atoms with Gasteiger partial charge in [0.25, 0.3) is 0 Å². The first-order valence-electron chi connectivity index (χ1n) is 11.8. The molecular formula is C26H40N2O4S4. The van der Waals surface area contributed by atoms with Crippen LogP contribution in [0.15, 0.2) is 58.3 Å². The van der Waals surface area contributed by atoms with Crippen molar-refractivity contribution in [3.63, 3.8) is 0 Å². The lowest BCUT2D eigenvalue weighted by Gasteiger charge is -2.32. The molecule has 0 heterocycles. The van der Waals surface area contributed by atoms with Crippen LogP contribution in [0.2, 0.25) is 0 Å². The molecule has 2 atom stereocenters. The second-order valence-corrected chi connectivity index (χ2v) is 17.3. The molecule has 10 heteroatoms. The van der Waals surface area contributed by atoms with E-state index in [1.54, 1.807) is 70.1 Å². The molecule has 0 aliphatic rings. The SMILES string of the molecule is Cc1ccc(S(=O)(=O)N[C@H](CSSC[C@@H](NS(=O)(=O)c2ccc(C)cc2)C(C)(C)C)C(C)(C)C)cc1.